The van der Waals surface area contributed by atoms with Crippen molar-refractivity contribution in [1.82, 2.24) is 9.97 Å². The zero-order chi connectivity index (χ0) is 12.3. The Balaban J connectivity index is 2.18. The molecule has 0 fully saturated rings. The van der Waals surface area contributed by atoms with Crippen molar-refractivity contribution in [2.75, 3.05) is 19.0 Å². The standard InChI is InChI=1S/C12H12IN3O/c1-16(2)12-14-8-7-11(15-12)17-10-5-3-9(13)4-6-10/h3-8H,1-2H3. The van der Waals surface area contributed by atoms with Crippen molar-refractivity contribution >= 4 is 28.5 Å². The lowest BCUT2D eigenvalue weighted by Crippen LogP contribution is -2.12. The summed E-state index contributed by atoms with van der Waals surface area (Å²) in [6.07, 6.45) is 1.68. The van der Waals surface area contributed by atoms with Crippen LogP contribution in [0.2, 0.25) is 0 Å². The number of halogens is 1. The molecule has 0 amide bonds. The van der Waals surface area contributed by atoms with Gasteiger partial charge in [0.1, 0.15) is 5.75 Å². The number of benzene rings is 1. The van der Waals surface area contributed by atoms with Crippen LogP contribution < -0.4 is 9.64 Å². The molecule has 0 unspecified atom stereocenters. The highest BCUT2D eigenvalue weighted by molar-refractivity contribution is 14.1. The van der Waals surface area contributed by atoms with E-state index in [1.54, 1.807) is 12.3 Å². The van der Waals surface area contributed by atoms with Gasteiger partial charge >= 0.3 is 0 Å². The zero-order valence-corrected chi connectivity index (χ0v) is 11.7. The maximum absolute atomic E-state index is 5.64. The fraction of sp³-hybridized carbons (Fsp3) is 0.167. The third-order valence-electron chi connectivity index (χ3n) is 2.05. The van der Waals surface area contributed by atoms with E-state index in [0.29, 0.717) is 11.8 Å². The molecule has 0 saturated heterocycles. The van der Waals surface area contributed by atoms with Gasteiger partial charge in [0.2, 0.25) is 11.8 Å². The van der Waals surface area contributed by atoms with Gasteiger partial charge in [0.05, 0.1) is 0 Å². The third-order valence-corrected chi connectivity index (χ3v) is 2.77. The highest BCUT2D eigenvalue weighted by Crippen LogP contribution is 2.21. The average Bonchev–Trinajstić information content (AvgIpc) is 2.32. The number of anilines is 1. The fourth-order valence-electron chi connectivity index (χ4n) is 1.23. The van der Waals surface area contributed by atoms with Gasteiger partial charge in [0.15, 0.2) is 0 Å². The molecule has 0 bridgehead atoms. The predicted octanol–water partition coefficient (Wildman–Crippen LogP) is 2.94. The Morgan fingerprint density at radius 3 is 2.47 bits per heavy atom. The van der Waals surface area contributed by atoms with E-state index in [4.69, 9.17) is 4.74 Å². The Morgan fingerprint density at radius 1 is 1.12 bits per heavy atom. The van der Waals surface area contributed by atoms with E-state index >= 15 is 0 Å². The third kappa shape index (κ3) is 3.29. The van der Waals surface area contributed by atoms with Gasteiger partial charge < -0.3 is 9.64 Å². The Hall–Kier alpha value is -1.37. The summed E-state index contributed by atoms with van der Waals surface area (Å²) >= 11 is 2.25. The minimum absolute atomic E-state index is 0.546. The molecule has 2 rings (SSSR count). The van der Waals surface area contributed by atoms with Crippen molar-refractivity contribution in [3.05, 3.63) is 40.1 Å². The van der Waals surface area contributed by atoms with Crippen molar-refractivity contribution in [3.8, 4) is 11.6 Å². The van der Waals surface area contributed by atoms with Crippen molar-refractivity contribution in [2.45, 2.75) is 0 Å². The van der Waals surface area contributed by atoms with Crippen LogP contribution in [-0.4, -0.2) is 24.1 Å². The molecule has 4 nitrogen and oxygen atoms in total. The van der Waals surface area contributed by atoms with Crippen LogP contribution in [0.5, 0.6) is 11.6 Å². The summed E-state index contributed by atoms with van der Waals surface area (Å²) < 4.78 is 6.82. The van der Waals surface area contributed by atoms with E-state index in [2.05, 4.69) is 32.6 Å². The average molecular weight is 341 g/mol. The summed E-state index contributed by atoms with van der Waals surface area (Å²) in [6.45, 7) is 0. The van der Waals surface area contributed by atoms with E-state index in [9.17, 15) is 0 Å². The first-order valence-electron chi connectivity index (χ1n) is 5.09. The first-order chi connectivity index (χ1) is 8.15. The lowest BCUT2D eigenvalue weighted by molar-refractivity contribution is 0.461. The molecular formula is C12H12IN3O. The van der Waals surface area contributed by atoms with E-state index in [1.165, 1.54) is 3.57 Å². The van der Waals surface area contributed by atoms with Gasteiger partial charge in [-0.1, -0.05) is 0 Å². The Kier molecular flexibility index (Phi) is 3.78. The van der Waals surface area contributed by atoms with Gasteiger partial charge in [0.25, 0.3) is 0 Å². The second kappa shape index (κ2) is 5.31. The number of ether oxygens (including phenoxy) is 1. The number of hydrogen-bond donors (Lipinski definition) is 0. The number of hydrogen-bond acceptors (Lipinski definition) is 4. The largest absolute Gasteiger partial charge is 0.439 e. The maximum atomic E-state index is 5.64. The van der Waals surface area contributed by atoms with Crippen molar-refractivity contribution in [3.63, 3.8) is 0 Å². The summed E-state index contributed by atoms with van der Waals surface area (Å²) in [5, 5.41) is 0. The molecule has 0 spiro atoms. The Labute approximate surface area is 114 Å². The second-order valence-corrected chi connectivity index (χ2v) is 4.89. The quantitative estimate of drug-likeness (QED) is 0.805. The monoisotopic (exact) mass is 341 g/mol. The smallest absolute Gasteiger partial charge is 0.228 e. The van der Waals surface area contributed by atoms with Crippen LogP contribution in [-0.2, 0) is 0 Å². The van der Waals surface area contributed by atoms with Crippen molar-refractivity contribution < 1.29 is 4.74 Å². The summed E-state index contributed by atoms with van der Waals surface area (Å²) in [6, 6.07) is 9.55. The Bertz CT molecular complexity index is 499. The van der Waals surface area contributed by atoms with Gasteiger partial charge in [-0.2, -0.15) is 4.98 Å². The lowest BCUT2D eigenvalue weighted by Gasteiger charge is -2.11. The summed E-state index contributed by atoms with van der Waals surface area (Å²) in [5.74, 6) is 1.95. The maximum Gasteiger partial charge on any atom is 0.228 e. The van der Waals surface area contributed by atoms with Crippen molar-refractivity contribution in [1.29, 1.82) is 0 Å². The summed E-state index contributed by atoms with van der Waals surface area (Å²) in [4.78, 5) is 10.2. The van der Waals surface area contributed by atoms with Crippen LogP contribution >= 0.6 is 22.6 Å². The molecule has 0 aliphatic rings. The predicted molar refractivity (Wildman–Crippen MR) is 75.6 cm³/mol. The van der Waals surface area contributed by atoms with E-state index in [0.717, 1.165) is 5.75 Å². The zero-order valence-electron chi connectivity index (χ0n) is 9.59. The minimum atomic E-state index is 0.546. The minimum Gasteiger partial charge on any atom is -0.439 e. The summed E-state index contributed by atoms with van der Waals surface area (Å²) in [7, 11) is 3.79. The molecule has 1 aromatic carbocycles. The van der Waals surface area contributed by atoms with Gasteiger partial charge in [-0.3, -0.25) is 0 Å². The molecule has 1 aromatic heterocycles. The SMILES string of the molecule is CN(C)c1nccc(Oc2ccc(I)cc2)n1. The highest BCUT2D eigenvalue weighted by Gasteiger charge is 2.03. The molecule has 17 heavy (non-hydrogen) atoms. The molecule has 0 aliphatic carbocycles. The number of rotatable bonds is 3. The van der Waals surface area contributed by atoms with Crippen molar-refractivity contribution in [2.24, 2.45) is 0 Å². The van der Waals surface area contributed by atoms with Gasteiger partial charge in [-0.05, 0) is 46.9 Å². The Morgan fingerprint density at radius 2 is 1.82 bits per heavy atom. The first-order valence-corrected chi connectivity index (χ1v) is 6.17. The molecule has 88 valence electrons. The fourth-order valence-corrected chi connectivity index (χ4v) is 1.59. The van der Waals surface area contributed by atoms with E-state index in [1.807, 2.05) is 43.3 Å². The van der Waals surface area contributed by atoms with Crippen LogP contribution in [0.15, 0.2) is 36.5 Å². The first kappa shape index (κ1) is 12.1. The number of aromatic nitrogens is 2. The summed E-state index contributed by atoms with van der Waals surface area (Å²) in [5.41, 5.74) is 0. The van der Waals surface area contributed by atoms with Gasteiger partial charge in [0, 0.05) is 29.9 Å². The van der Waals surface area contributed by atoms with Gasteiger partial charge in [-0.25, -0.2) is 4.98 Å². The highest BCUT2D eigenvalue weighted by atomic mass is 127. The van der Waals surface area contributed by atoms with Crippen LogP contribution in [0.4, 0.5) is 5.95 Å². The molecule has 0 aliphatic heterocycles. The molecule has 1 heterocycles. The molecule has 5 heteroatoms. The number of nitrogens with zero attached hydrogens (tertiary/aromatic N) is 3. The topological polar surface area (TPSA) is 38.2 Å². The molecule has 0 N–H and O–H groups in total. The van der Waals surface area contributed by atoms with E-state index in [-0.39, 0.29) is 0 Å². The normalized spacial score (nSPS) is 10.1. The molecule has 2 aromatic rings. The van der Waals surface area contributed by atoms with Gasteiger partial charge in [-0.15, -0.1) is 0 Å². The van der Waals surface area contributed by atoms with E-state index < -0.39 is 0 Å². The lowest BCUT2D eigenvalue weighted by atomic mass is 10.3. The second-order valence-electron chi connectivity index (χ2n) is 3.65. The molecular weight excluding hydrogens is 329 g/mol. The van der Waals surface area contributed by atoms with Crippen LogP contribution in [0, 0.1) is 3.57 Å². The van der Waals surface area contributed by atoms with Crippen LogP contribution in [0.3, 0.4) is 0 Å². The molecule has 0 saturated carbocycles. The molecule has 0 atom stereocenters. The molecule has 0 radical (unpaired) electrons. The van der Waals surface area contributed by atoms with Crippen LogP contribution in [0.1, 0.15) is 0 Å². The van der Waals surface area contributed by atoms with Crippen LogP contribution in [0.25, 0.3) is 0 Å².